The topological polar surface area (TPSA) is 142 Å². The van der Waals surface area contributed by atoms with Gasteiger partial charge in [-0.15, -0.1) is 0 Å². The number of nitrogens with zero attached hydrogens (tertiary/aromatic N) is 5. The maximum absolute atomic E-state index is 9.91. The van der Waals surface area contributed by atoms with Crippen LogP contribution in [-0.2, 0) is 9.47 Å². The number of nitrogens with one attached hydrogen (secondary N) is 2. The lowest BCUT2D eigenvalue weighted by molar-refractivity contribution is 0.0903. The fraction of sp³-hybridized carbons (Fsp3) is 0.444. The second kappa shape index (κ2) is 8.45. The van der Waals surface area contributed by atoms with Crippen molar-refractivity contribution in [2.75, 3.05) is 38.8 Å². The number of aromatic nitrogens is 5. The van der Waals surface area contributed by atoms with E-state index < -0.39 is 0 Å². The summed E-state index contributed by atoms with van der Waals surface area (Å²) in [5.74, 6) is 0.190. The molecular formula is C18H23N7O4. The largest absolute Gasteiger partial charge is 0.494 e. The Morgan fingerprint density at radius 1 is 1.38 bits per heavy atom. The number of aromatic amines is 1. The number of methoxy groups -OCH3 is 1. The molecule has 1 saturated heterocycles. The SMILES string of the molecule is COCCN=c1nc(NC2CCOCC2)nc2c(=Cc3cc(O)[nH]c3O)cnn12. The van der Waals surface area contributed by atoms with E-state index in [1.807, 2.05) is 0 Å². The van der Waals surface area contributed by atoms with Crippen molar-refractivity contribution < 1.29 is 19.7 Å². The van der Waals surface area contributed by atoms with Gasteiger partial charge in [0.25, 0.3) is 5.62 Å². The molecule has 0 saturated carbocycles. The lowest BCUT2D eigenvalue weighted by Crippen LogP contribution is -2.31. The zero-order chi connectivity index (χ0) is 20.2. The zero-order valence-electron chi connectivity index (χ0n) is 16.0. The van der Waals surface area contributed by atoms with Gasteiger partial charge in [-0.3, -0.25) is 4.98 Å². The lowest BCUT2D eigenvalue weighted by Gasteiger charge is -2.22. The minimum Gasteiger partial charge on any atom is -0.494 e. The number of aromatic hydroxyl groups is 2. The minimum atomic E-state index is -0.138. The highest BCUT2D eigenvalue weighted by molar-refractivity contribution is 5.61. The molecule has 1 fully saturated rings. The number of H-pyrrole nitrogens is 1. The van der Waals surface area contributed by atoms with E-state index >= 15 is 0 Å². The summed E-state index contributed by atoms with van der Waals surface area (Å²) in [7, 11) is 1.61. The normalized spacial score (nSPS) is 16.7. The van der Waals surface area contributed by atoms with Crippen molar-refractivity contribution in [2.45, 2.75) is 18.9 Å². The Hall–Kier alpha value is -3.18. The standard InChI is InChI=1S/C18H23N7O4/c1-28-7-4-19-18-24-17(21-13-2-5-29-6-3-13)23-15-12(10-20-25(15)18)8-11-9-14(26)22-16(11)27/h8-10,13,22,26-27H,2-7H2,1H3,(H,19,21,24). The summed E-state index contributed by atoms with van der Waals surface area (Å²) in [6, 6.07) is 1.64. The van der Waals surface area contributed by atoms with Crippen LogP contribution >= 0.6 is 0 Å². The van der Waals surface area contributed by atoms with Crippen molar-refractivity contribution in [2.24, 2.45) is 4.99 Å². The van der Waals surface area contributed by atoms with E-state index in [1.165, 1.54) is 6.07 Å². The monoisotopic (exact) mass is 401 g/mol. The Balaban J connectivity index is 1.79. The van der Waals surface area contributed by atoms with Crippen LogP contribution in [0.25, 0.3) is 11.7 Å². The summed E-state index contributed by atoms with van der Waals surface area (Å²) in [5.41, 5.74) is 1.36. The highest BCUT2D eigenvalue weighted by Gasteiger charge is 2.16. The Morgan fingerprint density at radius 2 is 2.21 bits per heavy atom. The second-order valence-corrected chi connectivity index (χ2v) is 6.69. The van der Waals surface area contributed by atoms with E-state index in [0.717, 1.165) is 12.8 Å². The number of hydrogen-bond acceptors (Lipinski definition) is 9. The fourth-order valence-corrected chi connectivity index (χ4v) is 3.13. The molecule has 0 amide bonds. The molecule has 4 heterocycles. The maximum Gasteiger partial charge on any atom is 0.251 e. The van der Waals surface area contributed by atoms with E-state index in [1.54, 1.807) is 23.9 Å². The average molecular weight is 401 g/mol. The van der Waals surface area contributed by atoms with Gasteiger partial charge in [0, 0.05) is 43.2 Å². The predicted molar refractivity (Wildman–Crippen MR) is 103 cm³/mol. The first-order chi connectivity index (χ1) is 14.1. The summed E-state index contributed by atoms with van der Waals surface area (Å²) < 4.78 is 12.0. The molecule has 3 aromatic heterocycles. The summed E-state index contributed by atoms with van der Waals surface area (Å²) in [6.07, 6.45) is 5.04. The van der Waals surface area contributed by atoms with Gasteiger partial charge in [0.15, 0.2) is 17.4 Å². The quantitative estimate of drug-likeness (QED) is 0.407. The van der Waals surface area contributed by atoms with Crippen molar-refractivity contribution in [3.63, 3.8) is 0 Å². The minimum absolute atomic E-state index is 0.128. The van der Waals surface area contributed by atoms with Crippen LogP contribution in [0.4, 0.5) is 5.95 Å². The van der Waals surface area contributed by atoms with Crippen LogP contribution < -0.4 is 16.2 Å². The molecule has 0 spiro atoms. The number of ether oxygens (including phenoxy) is 2. The molecule has 0 aliphatic carbocycles. The molecule has 1 aliphatic rings. The molecule has 154 valence electrons. The first kappa shape index (κ1) is 19.2. The Labute approximate surface area is 165 Å². The van der Waals surface area contributed by atoms with E-state index in [9.17, 15) is 10.2 Å². The number of anilines is 1. The third-order valence-corrected chi connectivity index (χ3v) is 4.60. The van der Waals surface area contributed by atoms with Crippen molar-refractivity contribution in [3.05, 3.63) is 28.7 Å². The van der Waals surface area contributed by atoms with Crippen LogP contribution in [0.2, 0.25) is 0 Å². The molecule has 0 radical (unpaired) electrons. The Morgan fingerprint density at radius 3 is 2.93 bits per heavy atom. The number of hydrogen-bond donors (Lipinski definition) is 4. The van der Waals surface area contributed by atoms with Gasteiger partial charge in [0.05, 0.1) is 19.3 Å². The van der Waals surface area contributed by atoms with Crippen LogP contribution in [0.1, 0.15) is 18.4 Å². The number of fused-ring (bicyclic) bond motifs is 1. The van der Waals surface area contributed by atoms with Gasteiger partial charge in [-0.2, -0.15) is 19.6 Å². The van der Waals surface area contributed by atoms with Crippen LogP contribution in [0.3, 0.4) is 0 Å². The number of rotatable bonds is 6. The highest BCUT2D eigenvalue weighted by atomic mass is 16.5. The van der Waals surface area contributed by atoms with Crippen molar-refractivity contribution in [1.29, 1.82) is 0 Å². The summed E-state index contributed by atoms with van der Waals surface area (Å²) in [4.78, 5) is 16.0. The van der Waals surface area contributed by atoms with Crippen LogP contribution in [0.5, 0.6) is 11.8 Å². The molecule has 0 unspecified atom stereocenters. The maximum atomic E-state index is 9.91. The average Bonchev–Trinajstić information content (AvgIpc) is 3.25. The summed E-state index contributed by atoms with van der Waals surface area (Å²) in [5, 5.41) is 27.8. The molecule has 11 nitrogen and oxygen atoms in total. The van der Waals surface area contributed by atoms with Crippen LogP contribution in [-0.4, -0.2) is 74.3 Å². The van der Waals surface area contributed by atoms with Gasteiger partial charge in [-0.1, -0.05) is 0 Å². The third kappa shape index (κ3) is 4.30. The molecular weight excluding hydrogens is 378 g/mol. The first-order valence-electron chi connectivity index (χ1n) is 9.36. The van der Waals surface area contributed by atoms with E-state index in [2.05, 4.69) is 30.4 Å². The van der Waals surface area contributed by atoms with E-state index in [-0.39, 0.29) is 17.8 Å². The molecule has 4 rings (SSSR count). The smallest absolute Gasteiger partial charge is 0.251 e. The van der Waals surface area contributed by atoms with Gasteiger partial charge < -0.3 is 25.0 Å². The van der Waals surface area contributed by atoms with Crippen molar-refractivity contribution >= 4 is 17.7 Å². The molecule has 4 N–H and O–H groups in total. The van der Waals surface area contributed by atoms with Crippen LogP contribution in [0, 0.1) is 0 Å². The molecule has 11 heteroatoms. The van der Waals surface area contributed by atoms with Crippen LogP contribution in [0.15, 0.2) is 17.3 Å². The van der Waals surface area contributed by atoms with Gasteiger partial charge in [-0.25, -0.2) is 4.99 Å². The molecule has 0 aromatic carbocycles. The predicted octanol–water partition coefficient (Wildman–Crippen LogP) is -0.451. The van der Waals surface area contributed by atoms with Crippen molar-refractivity contribution in [3.8, 4) is 11.8 Å². The molecule has 29 heavy (non-hydrogen) atoms. The third-order valence-electron chi connectivity index (χ3n) is 4.60. The van der Waals surface area contributed by atoms with Gasteiger partial charge >= 0.3 is 0 Å². The van der Waals surface area contributed by atoms with E-state index in [0.29, 0.717) is 54.4 Å². The lowest BCUT2D eigenvalue weighted by atomic mass is 10.1. The van der Waals surface area contributed by atoms with Gasteiger partial charge in [0.2, 0.25) is 5.95 Å². The Kier molecular flexibility index (Phi) is 5.58. The van der Waals surface area contributed by atoms with Gasteiger partial charge in [-0.05, 0) is 18.9 Å². The van der Waals surface area contributed by atoms with E-state index in [4.69, 9.17) is 9.47 Å². The van der Waals surface area contributed by atoms with Crippen molar-refractivity contribution in [1.82, 2.24) is 24.6 Å². The summed E-state index contributed by atoms with van der Waals surface area (Å²) >= 11 is 0. The van der Waals surface area contributed by atoms with Gasteiger partial charge in [0.1, 0.15) is 0 Å². The molecule has 0 bridgehead atoms. The second-order valence-electron chi connectivity index (χ2n) is 6.69. The molecule has 0 atom stereocenters. The zero-order valence-corrected chi connectivity index (χ0v) is 16.0. The first-order valence-corrected chi connectivity index (χ1v) is 9.36. The highest BCUT2D eigenvalue weighted by Crippen LogP contribution is 2.21. The fourth-order valence-electron chi connectivity index (χ4n) is 3.13. The summed E-state index contributed by atoms with van der Waals surface area (Å²) in [6.45, 7) is 2.30. The Bertz CT molecular complexity index is 1100. The molecule has 1 aliphatic heterocycles. The molecule has 3 aromatic rings.